The van der Waals surface area contributed by atoms with E-state index in [1.807, 2.05) is 0 Å². The van der Waals surface area contributed by atoms with Crippen LogP contribution >= 0.6 is 0 Å². The van der Waals surface area contributed by atoms with Crippen LogP contribution in [0.5, 0.6) is 0 Å². The number of para-hydroxylation sites is 3. The summed E-state index contributed by atoms with van der Waals surface area (Å²) in [5, 5.41) is 7.28. The van der Waals surface area contributed by atoms with Crippen molar-refractivity contribution in [2.24, 2.45) is 0 Å². The number of aromatic nitrogens is 1. The summed E-state index contributed by atoms with van der Waals surface area (Å²) >= 11 is 0. The molecule has 77 heavy (non-hydrogen) atoms. The molecule has 0 spiro atoms. The van der Waals surface area contributed by atoms with Crippen LogP contribution in [-0.4, -0.2) is 4.57 Å². The molecule has 3 nitrogen and oxygen atoms in total. The van der Waals surface area contributed by atoms with Crippen LogP contribution in [0.2, 0.25) is 0 Å². The third-order valence-electron chi connectivity index (χ3n) is 15.1. The minimum Gasteiger partial charge on any atom is -0.310 e. The number of benzene rings is 13. The molecule has 0 bridgehead atoms. The van der Waals surface area contributed by atoms with Gasteiger partial charge in [0.25, 0.3) is 0 Å². The van der Waals surface area contributed by atoms with Crippen LogP contribution in [0, 0.1) is 0 Å². The van der Waals surface area contributed by atoms with Gasteiger partial charge in [0.1, 0.15) is 0 Å². The van der Waals surface area contributed by atoms with E-state index in [0.717, 1.165) is 78.7 Å². The van der Waals surface area contributed by atoms with Gasteiger partial charge in [0.2, 0.25) is 0 Å². The fourth-order valence-electron chi connectivity index (χ4n) is 11.5. The van der Waals surface area contributed by atoms with Crippen molar-refractivity contribution in [1.82, 2.24) is 4.57 Å². The maximum atomic E-state index is 2.49. The number of hydrogen-bond acceptors (Lipinski definition) is 2. The first-order chi connectivity index (χ1) is 38.2. The Morgan fingerprint density at radius 3 is 1.34 bits per heavy atom. The number of nitrogens with zero attached hydrogens (tertiary/aromatic N) is 3. The highest BCUT2D eigenvalue weighted by atomic mass is 15.2. The van der Waals surface area contributed by atoms with Gasteiger partial charge in [-0.05, 0) is 145 Å². The quantitative estimate of drug-likeness (QED) is 0.120. The Bertz CT molecular complexity index is 4330. The molecule has 0 unspecified atom stereocenters. The van der Waals surface area contributed by atoms with Gasteiger partial charge in [-0.1, -0.05) is 224 Å². The zero-order chi connectivity index (χ0) is 51.1. The standard InChI is InChI=1S/C74H51N3/c1-5-21-52(22-6-1)54-37-41-60(42-38-54)75(61-43-39-55(40-44-61)53-23-7-2-8-24-53)63-47-58(71-49-57-27-13-14-30-65(57)67-32-15-16-33-68(67)71)48-64(50-63)76(72-35-19-17-31-66(72)56-25-9-3-10-26-56)62-45-46-70-69-34-18-20-36-73(69)77(74(70)51-62)59-28-11-4-12-29-59/h1-51H. The predicted molar refractivity (Wildman–Crippen MR) is 327 cm³/mol. The second kappa shape index (κ2) is 19.6. The number of rotatable bonds is 11. The zero-order valence-corrected chi connectivity index (χ0v) is 42.3. The Morgan fingerprint density at radius 2 is 0.688 bits per heavy atom. The topological polar surface area (TPSA) is 11.4 Å². The van der Waals surface area contributed by atoms with Crippen molar-refractivity contribution in [3.63, 3.8) is 0 Å². The molecule has 0 atom stereocenters. The molecular weight excluding hydrogens is 931 g/mol. The molecule has 362 valence electrons. The van der Waals surface area contributed by atoms with E-state index in [1.165, 1.54) is 49.0 Å². The molecule has 0 aliphatic carbocycles. The molecule has 14 rings (SSSR count). The zero-order valence-electron chi connectivity index (χ0n) is 42.3. The third kappa shape index (κ3) is 8.37. The third-order valence-corrected chi connectivity index (χ3v) is 15.1. The van der Waals surface area contributed by atoms with Crippen molar-refractivity contribution in [2.75, 3.05) is 9.80 Å². The first-order valence-electron chi connectivity index (χ1n) is 26.4. The Labute approximate surface area is 449 Å². The molecule has 1 aromatic heterocycles. The highest BCUT2D eigenvalue weighted by Gasteiger charge is 2.24. The van der Waals surface area contributed by atoms with E-state index in [1.54, 1.807) is 0 Å². The van der Waals surface area contributed by atoms with Crippen molar-refractivity contribution < 1.29 is 0 Å². The van der Waals surface area contributed by atoms with Gasteiger partial charge in [0.05, 0.1) is 16.7 Å². The Balaban J connectivity index is 1.07. The van der Waals surface area contributed by atoms with E-state index in [2.05, 4.69) is 324 Å². The van der Waals surface area contributed by atoms with Crippen LogP contribution in [0.25, 0.3) is 93.5 Å². The van der Waals surface area contributed by atoms with Gasteiger partial charge in [0, 0.05) is 50.5 Å². The number of hydrogen-bond donors (Lipinski definition) is 0. The van der Waals surface area contributed by atoms with Crippen LogP contribution in [-0.2, 0) is 0 Å². The van der Waals surface area contributed by atoms with E-state index in [0.29, 0.717) is 0 Å². The summed E-state index contributed by atoms with van der Waals surface area (Å²) in [6.07, 6.45) is 0. The molecule has 3 heteroatoms. The summed E-state index contributed by atoms with van der Waals surface area (Å²) in [5.74, 6) is 0. The molecule has 0 aliphatic rings. The lowest BCUT2D eigenvalue weighted by Gasteiger charge is -2.32. The van der Waals surface area contributed by atoms with Gasteiger partial charge in [-0.2, -0.15) is 0 Å². The monoisotopic (exact) mass is 981 g/mol. The SMILES string of the molecule is c1ccc(-c2ccc(N(c3ccc(-c4ccccc4)cc3)c3cc(-c4cc5ccccc5c5ccccc45)cc(N(c4ccc5c6ccccc6n(-c6ccccc6)c5c4)c4ccccc4-c4ccccc4)c3)cc2)cc1. The first kappa shape index (κ1) is 45.4. The van der Waals surface area contributed by atoms with Gasteiger partial charge in [-0.15, -0.1) is 0 Å². The maximum absolute atomic E-state index is 2.49. The normalized spacial score (nSPS) is 11.4. The largest absolute Gasteiger partial charge is 0.310 e. The van der Waals surface area contributed by atoms with Crippen LogP contribution in [0.4, 0.5) is 34.1 Å². The minimum absolute atomic E-state index is 1.02. The Kier molecular flexibility index (Phi) is 11.5. The first-order valence-corrected chi connectivity index (χ1v) is 26.4. The summed E-state index contributed by atoms with van der Waals surface area (Å²) in [7, 11) is 0. The molecule has 1 heterocycles. The second-order valence-electron chi connectivity index (χ2n) is 19.7. The van der Waals surface area contributed by atoms with Crippen LogP contribution in [0.15, 0.2) is 309 Å². The molecule has 14 aromatic rings. The summed E-state index contributed by atoms with van der Waals surface area (Å²) in [6.45, 7) is 0. The molecule has 0 radical (unpaired) electrons. The summed E-state index contributed by atoms with van der Waals surface area (Å²) in [5.41, 5.74) is 18.9. The van der Waals surface area contributed by atoms with Crippen LogP contribution in [0.1, 0.15) is 0 Å². The molecule has 0 N–H and O–H groups in total. The van der Waals surface area contributed by atoms with E-state index in [4.69, 9.17) is 0 Å². The van der Waals surface area contributed by atoms with Gasteiger partial charge < -0.3 is 14.4 Å². The molecule has 0 saturated heterocycles. The number of anilines is 6. The van der Waals surface area contributed by atoms with Gasteiger partial charge >= 0.3 is 0 Å². The van der Waals surface area contributed by atoms with Crippen molar-refractivity contribution in [3.05, 3.63) is 309 Å². The second-order valence-corrected chi connectivity index (χ2v) is 19.7. The Hall–Kier alpha value is -10.2. The van der Waals surface area contributed by atoms with E-state index >= 15 is 0 Å². The maximum Gasteiger partial charge on any atom is 0.0561 e. The lowest BCUT2D eigenvalue weighted by molar-refractivity contribution is 1.18. The average Bonchev–Trinajstić information content (AvgIpc) is 3.88. The van der Waals surface area contributed by atoms with Crippen molar-refractivity contribution in [1.29, 1.82) is 0 Å². The predicted octanol–water partition coefficient (Wildman–Crippen LogP) is 20.7. The fourth-order valence-corrected chi connectivity index (χ4v) is 11.5. The lowest BCUT2D eigenvalue weighted by atomic mass is 9.92. The molecular formula is C74H51N3. The van der Waals surface area contributed by atoms with E-state index in [9.17, 15) is 0 Å². The number of fused-ring (bicyclic) bond motifs is 6. The van der Waals surface area contributed by atoms with Crippen molar-refractivity contribution >= 4 is 77.5 Å². The summed E-state index contributed by atoms with van der Waals surface area (Å²) < 4.78 is 2.42. The average molecular weight is 982 g/mol. The highest BCUT2D eigenvalue weighted by Crippen LogP contribution is 2.48. The molecule has 0 amide bonds. The molecule has 13 aromatic carbocycles. The lowest BCUT2D eigenvalue weighted by Crippen LogP contribution is -2.14. The van der Waals surface area contributed by atoms with Crippen molar-refractivity contribution in [2.45, 2.75) is 0 Å². The molecule has 0 fully saturated rings. The smallest absolute Gasteiger partial charge is 0.0561 e. The fraction of sp³-hybridized carbons (Fsp3) is 0. The molecule has 0 aliphatic heterocycles. The molecule has 0 saturated carbocycles. The van der Waals surface area contributed by atoms with Gasteiger partial charge in [-0.25, -0.2) is 0 Å². The summed E-state index contributed by atoms with van der Waals surface area (Å²) in [6, 6.07) is 113. The minimum atomic E-state index is 1.02. The Morgan fingerprint density at radius 1 is 0.221 bits per heavy atom. The van der Waals surface area contributed by atoms with Crippen molar-refractivity contribution in [3.8, 4) is 50.2 Å². The van der Waals surface area contributed by atoms with Gasteiger partial charge in [0.15, 0.2) is 0 Å². The van der Waals surface area contributed by atoms with E-state index in [-0.39, 0.29) is 0 Å². The van der Waals surface area contributed by atoms with Gasteiger partial charge in [-0.3, -0.25) is 0 Å². The van der Waals surface area contributed by atoms with Crippen LogP contribution in [0.3, 0.4) is 0 Å². The van der Waals surface area contributed by atoms with E-state index < -0.39 is 0 Å². The van der Waals surface area contributed by atoms with Crippen LogP contribution < -0.4 is 9.80 Å². The summed E-state index contributed by atoms with van der Waals surface area (Å²) in [4.78, 5) is 4.91. The highest BCUT2D eigenvalue weighted by molar-refractivity contribution is 6.15.